The van der Waals surface area contributed by atoms with Crippen molar-refractivity contribution < 1.29 is 4.74 Å². The van der Waals surface area contributed by atoms with Gasteiger partial charge in [0.25, 0.3) is 0 Å². The molecule has 1 aromatic heterocycles. The van der Waals surface area contributed by atoms with E-state index in [1.807, 2.05) is 24.3 Å². The minimum atomic E-state index is 0.813. The van der Waals surface area contributed by atoms with Crippen molar-refractivity contribution in [2.24, 2.45) is 0 Å². The quantitative estimate of drug-likeness (QED) is 0.801. The van der Waals surface area contributed by atoms with E-state index in [4.69, 9.17) is 4.74 Å². The highest BCUT2D eigenvalue weighted by Gasteiger charge is 2.03. The zero-order valence-electron chi connectivity index (χ0n) is 8.24. The summed E-state index contributed by atoms with van der Waals surface area (Å²) in [7, 11) is 1.67. The van der Waals surface area contributed by atoms with Gasteiger partial charge in [0, 0.05) is 10.9 Å². The molecule has 2 rings (SSSR count). The molecule has 0 N–H and O–H groups in total. The first-order chi connectivity index (χ1) is 7.33. The van der Waals surface area contributed by atoms with Crippen LogP contribution in [0.5, 0.6) is 5.75 Å². The van der Waals surface area contributed by atoms with Crippen molar-refractivity contribution in [3.05, 3.63) is 34.7 Å². The van der Waals surface area contributed by atoms with Crippen LogP contribution in [0.4, 0.5) is 0 Å². The Morgan fingerprint density at radius 1 is 1.33 bits per heavy atom. The molecular formula is C11H10BrNOS. The Morgan fingerprint density at radius 3 is 2.60 bits per heavy atom. The van der Waals surface area contributed by atoms with Crippen molar-refractivity contribution in [1.82, 2.24) is 4.98 Å². The molecule has 4 heteroatoms. The Balaban J connectivity index is 2.28. The molecule has 0 aliphatic carbocycles. The van der Waals surface area contributed by atoms with Gasteiger partial charge < -0.3 is 4.74 Å². The molecule has 15 heavy (non-hydrogen) atoms. The van der Waals surface area contributed by atoms with Crippen molar-refractivity contribution in [2.75, 3.05) is 7.11 Å². The Hall–Kier alpha value is -0.870. The van der Waals surface area contributed by atoms with Crippen molar-refractivity contribution in [3.8, 4) is 17.0 Å². The number of benzene rings is 1. The lowest BCUT2D eigenvalue weighted by atomic mass is 10.2. The fraction of sp³-hybridized carbons (Fsp3) is 0.182. The summed E-state index contributed by atoms with van der Waals surface area (Å²) < 4.78 is 5.11. The van der Waals surface area contributed by atoms with Gasteiger partial charge in [0.05, 0.1) is 18.1 Å². The topological polar surface area (TPSA) is 22.1 Å². The van der Waals surface area contributed by atoms with Gasteiger partial charge in [-0.2, -0.15) is 0 Å². The molecule has 1 heterocycles. The van der Waals surface area contributed by atoms with Crippen molar-refractivity contribution in [2.45, 2.75) is 5.33 Å². The molecule has 0 amide bonds. The van der Waals surface area contributed by atoms with Crippen LogP contribution in [-0.2, 0) is 5.33 Å². The summed E-state index contributed by atoms with van der Waals surface area (Å²) >= 11 is 5.06. The highest BCUT2D eigenvalue weighted by atomic mass is 79.9. The Labute approximate surface area is 101 Å². The lowest BCUT2D eigenvalue weighted by Crippen LogP contribution is -1.83. The first-order valence-electron chi connectivity index (χ1n) is 4.48. The summed E-state index contributed by atoms with van der Waals surface area (Å²) in [5.41, 5.74) is 2.15. The predicted octanol–water partition coefficient (Wildman–Crippen LogP) is 3.71. The summed E-state index contributed by atoms with van der Waals surface area (Å²) in [6, 6.07) is 7.93. The number of methoxy groups -OCH3 is 1. The van der Waals surface area contributed by atoms with Crippen LogP contribution in [-0.4, -0.2) is 12.1 Å². The first-order valence-corrected chi connectivity index (χ1v) is 6.48. The zero-order valence-corrected chi connectivity index (χ0v) is 10.6. The number of halogens is 1. The monoisotopic (exact) mass is 283 g/mol. The molecule has 0 unspecified atom stereocenters. The van der Waals surface area contributed by atoms with E-state index < -0.39 is 0 Å². The molecule has 0 spiro atoms. The van der Waals surface area contributed by atoms with Crippen molar-refractivity contribution >= 4 is 27.3 Å². The van der Waals surface area contributed by atoms with E-state index in [-0.39, 0.29) is 0 Å². The SMILES string of the molecule is COc1ccc(-c2csc(CBr)n2)cc1. The van der Waals surface area contributed by atoms with E-state index in [9.17, 15) is 0 Å². The highest BCUT2D eigenvalue weighted by Crippen LogP contribution is 2.24. The Kier molecular flexibility index (Phi) is 3.38. The maximum Gasteiger partial charge on any atom is 0.118 e. The maximum atomic E-state index is 5.11. The summed E-state index contributed by atoms with van der Waals surface area (Å²) in [5, 5.41) is 3.98. The largest absolute Gasteiger partial charge is 0.497 e. The van der Waals surface area contributed by atoms with Gasteiger partial charge >= 0.3 is 0 Å². The first kappa shape index (κ1) is 10.6. The van der Waals surface area contributed by atoms with E-state index in [0.717, 1.165) is 27.3 Å². The molecule has 0 aliphatic heterocycles. The van der Waals surface area contributed by atoms with Gasteiger partial charge in [-0.25, -0.2) is 4.98 Å². The number of ether oxygens (including phenoxy) is 1. The van der Waals surface area contributed by atoms with Crippen molar-refractivity contribution in [1.29, 1.82) is 0 Å². The Bertz CT molecular complexity index is 438. The lowest BCUT2D eigenvalue weighted by Gasteiger charge is -2.00. The number of hydrogen-bond donors (Lipinski definition) is 0. The van der Waals surface area contributed by atoms with Crippen LogP contribution in [0.1, 0.15) is 5.01 Å². The molecule has 78 valence electrons. The molecule has 0 saturated carbocycles. The highest BCUT2D eigenvalue weighted by molar-refractivity contribution is 9.08. The number of thiazole rings is 1. The smallest absolute Gasteiger partial charge is 0.118 e. The third-order valence-electron chi connectivity index (χ3n) is 2.05. The standard InChI is InChI=1S/C11H10BrNOS/c1-14-9-4-2-8(3-5-9)10-7-15-11(6-12)13-10/h2-5,7H,6H2,1H3. The van der Waals surface area contributed by atoms with Gasteiger partial charge in [0.1, 0.15) is 10.8 Å². The van der Waals surface area contributed by atoms with Crippen LogP contribution in [0.25, 0.3) is 11.3 Å². The van der Waals surface area contributed by atoms with Gasteiger partial charge in [0.15, 0.2) is 0 Å². The fourth-order valence-electron chi connectivity index (χ4n) is 1.27. The van der Waals surface area contributed by atoms with Gasteiger partial charge in [-0.05, 0) is 24.3 Å². The molecule has 0 aliphatic rings. The van der Waals surface area contributed by atoms with E-state index in [2.05, 4.69) is 26.3 Å². The second kappa shape index (κ2) is 4.77. The number of hydrogen-bond acceptors (Lipinski definition) is 3. The van der Waals surface area contributed by atoms with Crippen LogP contribution in [0.15, 0.2) is 29.6 Å². The zero-order chi connectivity index (χ0) is 10.7. The molecule has 0 saturated heterocycles. The summed E-state index contributed by atoms with van der Waals surface area (Å²) in [4.78, 5) is 4.49. The predicted molar refractivity (Wildman–Crippen MR) is 66.7 cm³/mol. The van der Waals surface area contributed by atoms with E-state index in [1.54, 1.807) is 18.4 Å². The average Bonchev–Trinajstić information content (AvgIpc) is 2.78. The van der Waals surface area contributed by atoms with Gasteiger partial charge in [-0.15, -0.1) is 11.3 Å². The van der Waals surface area contributed by atoms with Crippen LogP contribution in [0.3, 0.4) is 0 Å². The number of rotatable bonds is 3. The summed E-state index contributed by atoms with van der Waals surface area (Å²) in [5.74, 6) is 0.870. The molecular weight excluding hydrogens is 274 g/mol. The van der Waals surface area contributed by atoms with E-state index in [1.165, 1.54) is 0 Å². The normalized spacial score (nSPS) is 10.3. The maximum absolute atomic E-state index is 5.11. The minimum Gasteiger partial charge on any atom is -0.497 e. The van der Waals surface area contributed by atoms with Gasteiger partial charge in [0.2, 0.25) is 0 Å². The third-order valence-corrected chi connectivity index (χ3v) is 3.80. The van der Waals surface area contributed by atoms with Crippen molar-refractivity contribution in [3.63, 3.8) is 0 Å². The fourth-order valence-corrected chi connectivity index (χ4v) is 2.44. The van der Waals surface area contributed by atoms with E-state index in [0.29, 0.717) is 0 Å². The molecule has 2 nitrogen and oxygen atoms in total. The molecule has 1 aromatic carbocycles. The number of alkyl halides is 1. The minimum absolute atomic E-state index is 0.813. The van der Waals surface area contributed by atoms with Crippen LogP contribution >= 0.6 is 27.3 Å². The third kappa shape index (κ3) is 2.38. The lowest BCUT2D eigenvalue weighted by molar-refractivity contribution is 0.415. The average molecular weight is 284 g/mol. The summed E-state index contributed by atoms with van der Waals surface area (Å²) in [6.07, 6.45) is 0. The van der Waals surface area contributed by atoms with Gasteiger partial charge in [-0.1, -0.05) is 15.9 Å². The number of nitrogens with zero attached hydrogens (tertiary/aromatic N) is 1. The van der Waals surface area contributed by atoms with Crippen LogP contribution < -0.4 is 4.74 Å². The number of aromatic nitrogens is 1. The molecule has 0 radical (unpaired) electrons. The Morgan fingerprint density at radius 2 is 2.07 bits per heavy atom. The second-order valence-corrected chi connectivity index (χ2v) is 4.49. The molecule has 0 atom stereocenters. The molecule has 0 fully saturated rings. The molecule has 0 bridgehead atoms. The van der Waals surface area contributed by atoms with Crippen LogP contribution in [0.2, 0.25) is 0 Å². The second-order valence-electron chi connectivity index (χ2n) is 2.99. The molecule has 2 aromatic rings. The summed E-state index contributed by atoms with van der Waals surface area (Å²) in [6.45, 7) is 0. The van der Waals surface area contributed by atoms with Gasteiger partial charge in [-0.3, -0.25) is 0 Å². The van der Waals surface area contributed by atoms with E-state index >= 15 is 0 Å². The van der Waals surface area contributed by atoms with Crippen LogP contribution in [0, 0.1) is 0 Å².